The Morgan fingerprint density at radius 3 is 2.14 bits per heavy atom. The molecule has 29 heavy (non-hydrogen) atoms. The zero-order chi connectivity index (χ0) is 22.2. The average Bonchev–Trinajstić information content (AvgIpc) is 2.53. The maximum Gasteiger partial charge on any atom is 0.418 e. The Morgan fingerprint density at radius 1 is 1.00 bits per heavy atom. The highest BCUT2D eigenvalue weighted by Gasteiger charge is 2.35. The molecule has 5 nitrogen and oxygen atoms in total. The second kappa shape index (κ2) is 7.70. The fourth-order valence-corrected chi connectivity index (χ4v) is 4.06. The summed E-state index contributed by atoms with van der Waals surface area (Å²) in [5.74, 6) is -0.541. The van der Waals surface area contributed by atoms with Gasteiger partial charge in [-0.25, -0.2) is 8.42 Å². The SMILES string of the molecule is CC(=O)Nc1ccc(NS(=O)(=O)c2cc(C(C)(C)C)ccc2C)c(C(F)(F)F)c1. The number of aryl methyl sites for hydroxylation is 1. The van der Waals surface area contributed by atoms with Crippen molar-refractivity contribution in [2.45, 2.75) is 51.1 Å². The minimum atomic E-state index is -4.82. The highest BCUT2D eigenvalue weighted by molar-refractivity contribution is 7.92. The first-order valence-electron chi connectivity index (χ1n) is 8.74. The number of hydrogen-bond donors (Lipinski definition) is 2. The number of carbonyl (C=O) groups excluding carboxylic acids is 1. The van der Waals surface area contributed by atoms with E-state index in [4.69, 9.17) is 0 Å². The average molecular weight is 428 g/mol. The number of sulfonamides is 1. The molecule has 2 aromatic rings. The Labute approximate surface area is 168 Å². The first-order chi connectivity index (χ1) is 13.1. The maximum absolute atomic E-state index is 13.5. The van der Waals surface area contributed by atoms with Gasteiger partial charge in [0.15, 0.2) is 0 Å². The largest absolute Gasteiger partial charge is 0.418 e. The summed E-state index contributed by atoms with van der Waals surface area (Å²) >= 11 is 0. The number of amides is 1. The molecule has 158 valence electrons. The first-order valence-corrected chi connectivity index (χ1v) is 10.2. The molecule has 0 bridgehead atoms. The Hall–Kier alpha value is -2.55. The van der Waals surface area contributed by atoms with E-state index in [9.17, 15) is 26.4 Å². The van der Waals surface area contributed by atoms with Gasteiger partial charge in [0.1, 0.15) is 0 Å². The third-order valence-corrected chi connectivity index (χ3v) is 5.74. The van der Waals surface area contributed by atoms with Crippen molar-refractivity contribution in [1.29, 1.82) is 0 Å². The smallest absolute Gasteiger partial charge is 0.326 e. The molecule has 0 saturated heterocycles. The minimum Gasteiger partial charge on any atom is -0.326 e. The fourth-order valence-electron chi connectivity index (χ4n) is 2.70. The van der Waals surface area contributed by atoms with E-state index in [1.54, 1.807) is 19.1 Å². The number of hydrogen-bond acceptors (Lipinski definition) is 3. The van der Waals surface area contributed by atoms with Gasteiger partial charge in [0.05, 0.1) is 16.1 Å². The monoisotopic (exact) mass is 428 g/mol. The lowest BCUT2D eigenvalue weighted by atomic mass is 9.87. The summed E-state index contributed by atoms with van der Waals surface area (Å²) in [5, 5.41) is 2.26. The summed E-state index contributed by atoms with van der Waals surface area (Å²) in [5.41, 5.74) is -1.09. The second-order valence-corrected chi connectivity index (χ2v) is 9.43. The predicted octanol–water partition coefficient (Wildman–Crippen LogP) is 5.07. The molecule has 2 rings (SSSR count). The van der Waals surface area contributed by atoms with E-state index < -0.39 is 33.4 Å². The van der Waals surface area contributed by atoms with Gasteiger partial charge >= 0.3 is 6.18 Å². The van der Waals surface area contributed by atoms with Crippen LogP contribution in [0.1, 0.15) is 44.4 Å². The van der Waals surface area contributed by atoms with E-state index in [1.807, 2.05) is 25.5 Å². The molecule has 0 radical (unpaired) electrons. The zero-order valence-electron chi connectivity index (χ0n) is 16.7. The molecule has 0 aliphatic rings. The first kappa shape index (κ1) is 22.7. The van der Waals surface area contributed by atoms with Crippen LogP contribution in [0.2, 0.25) is 0 Å². The molecular formula is C20H23F3N2O3S. The number of rotatable bonds is 4. The Balaban J connectivity index is 2.54. The van der Waals surface area contributed by atoms with Crippen LogP contribution in [0.4, 0.5) is 24.5 Å². The molecular weight excluding hydrogens is 405 g/mol. The van der Waals surface area contributed by atoms with E-state index in [-0.39, 0.29) is 16.0 Å². The Bertz CT molecular complexity index is 1040. The third-order valence-electron chi connectivity index (χ3n) is 4.23. The van der Waals surface area contributed by atoms with Gasteiger partial charge in [-0.2, -0.15) is 13.2 Å². The molecule has 0 saturated carbocycles. The van der Waals surface area contributed by atoms with E-state index >= 15 is 0 Å². The van der Waals surface area contributed by atoms with Crippen LogP contribution in [0.3, 0.4) is 0 Å². The predicted molar refractivity (Wildman–Crippen MR) is 106 cm³/mol. The van der Waals surface area contributed by atoms with Crippen molar-refractivity contribution in [3.63, 3.8) is 0 Å². The quantitative estimate of drug-likeness (QED) is 0.714. The number of halogens is 3. The lowest BCUT2D eigenvalue weighted by molar-refractivity contribution is -0.136. The molecule has 0 aliphatic carbocycles. The minimum absolute atomic E-state index is 0.0846. The van der Waals surface area contributed by atoms with Crippen molar-refractivity contribution in [2.24, 2.45) is 0 Å². The summed E-state index contributed by atoms with van der Waals surface area (Å²) in [4.78, 5) is 11.0. The van der Waals surface area contributed by atoms with Gasteiger partial charge in [-0.3, -0.25) is 9.52 Å². The molecule has 0 heterocycles. The molecule has 0 atom stereocenters. The molecule has 0 aliphatic heterocycles. The number of alkyl halides is 3. The van der Waals surface area contributed by atoms with Crippen LogP contribution in [-0.2, 0) is 26.4 Å². The molecule has 0 aromatic heterocycles. The summed E-state index contributed by atoms with van der Waals surface area (Å²) in [6.45, 7) is 8.46. The standard InChI is InChI=1S/C20H23F3N2O3S/c1-12-6-7-14(19(3,4)5)10-18(12)29(27,28)25-17-9-8-15(24-13(2)26)11-16(17)20(21,22)23/h6-11,25H,1-5H3,(H,24,26). The molecule has 0 fully saturated rings. The summed E-state index contributed by atoms with van der Waals surface area (Å²) in [6, 6.07) is 7.76. The molecule has 2 aromatic carbocycles. The third kappa shape index (κ3) is 5.50. The van der Waals surface area contributed by atoms with E-state index in [2.05, 4.69) is 5.32 Å². The van der Waals surface area contributed by atoms with Crippen molar-refractivity contribution in [3.8, 4) is 0 Å². The van der Waals surface area contributed by atoms with Crippen LogP contribution in [0.5, 0.6) is 0 Å². The second-order valence-electron chi connectivity index (χ2n) is 7.78. The van der Waals surface area contributed by atoms with Gasteiger partial charge < -0.3 is 5.32 Å². The van der Waals surface area contributed by atoms with Crippen LogP contribution < -0.4 is 10.0 Å². The number of anilines is 2. The van der Waals surface area contributed by atoms with Gasteiger partial charge in [0.25, 0.3) is 10.0 Å². The lowest BCUT2D eigenvalue weighted by Gasteiger charge is -2.21. The van der Waals surface area contributed by atoms with Crippen LogP contribution in [0, 0.1) is 6.92 Å². The topological polar surface area (TPSA) is 75.3 Å². The van der Waals surface area contributed by atoms with Gasteiger partial charge in [0, 0.05) is 12.6 Å². The summed E-state index contributed by atoms with van der Waals surface area (Å²) < 4.78 is 68.3. The fraction of sp³-hybridized carbons (Fsp3) is 0.350. The molecule has 1 amide bonds. The van der Waals surface area contributed by atoms with Gasteiger partial charge in [-0.15, -0.1) is 0 Å². The van der Waals surface area contributed by atoms with Crippen molar-refractivity contribution in [3.05, 3.63) is 53.1 Å². The number of carbonyl (C=O) groups is 1. The van der Waals surface area contributed by atoms with E-state index in [0.29, 0.717) is 11.6 Å². The maximum atomic E-state index is 13.5. The normalized spacial score (nSPS) is 12.6. The van der Waals surface area contributed by atoms with Crippen molar-refractivity contribution >= 4 is 27.3 Å². The Morgan fingerprint density at radius 2 is 1.62 bits per heavy atom. The van der Waals surface area contributed by atoms with E-state index in [0.717, 1.165) is 18.6 Å². The van der Waals surface area contributed by atoms with Gasteiger partial charge in [0.2, 0.25) is 5.91 Å². The van der Waals surface area contributed by atoms with Crippen LogP contribution in [0.15, 0.2) is 41.3 Å². The van der Waals surface area contributed by atoms with Gasteiger partial charge in [-0.05, 0) is 47.7 Å². The van der Waals surface area contributed by atoms with Crippen molar-refractivity contribution < 1.29 is 26.4 Å². The molecule has 0 spiro atoms. The van der Waals surface area contributed by atoms with Crippen LogP contribution in [-0.4, -0.2) is 14.3 Å². The van der Waals surface area contributed by atoms with Crippen molar-refractivity contribution in [1.82, 2.24) is 0 Å². The zero-order valence-corrected chi connectivity index (χ0v) is 17.5. The van der Waals surface area contributed by atoms with E-state index in [1.165, 1.54) is 12.1 Å². The van der Waals surface area contributed by atoms with Crippen molar-refractivity contribution in [2.75, 3.05) is 10.0 Å². The lowest BCUT2D eigenvalue weighted by Crippen LogP contribution is -2.20. The molecule has 0 unspecified atom stereocenters. The summed E-state index contributed by atoms with van der Waals surface area (Å²) in [6.07, 6.45) is -4.82. The highest BCUT2D eigenvalue weighted by Crippen LogP contribution is 2.38. The summed E-state index contributed by atoms with van der Waals surface area (Å²) in [7, 11) is -4.28. The van der Waals surface area contributed by atoms with Gasteiger partial charge in [-0.1, -0.05) is 32.9 Å². The molecule has 9 heteroatoms. The van der Waals surface area contributed by atoms with Crippen LogP contribution >= 0.6 is 0 Å². The van der Waals surface area contributed by atoms with Crippen LogP contribution in [0.25, 0.3) is 0 Å². The Kier molecular flexibility index (Phi) is 6.04. The highest BCUT2D eigenvalue weighted by atomic mass is 32.2. The number of nitrogens with one attached hydrogen (secondary N) is 2. The number of benzene rings is 2. The molecule has 2 N–H and O–H groups in total.